The van der Waals surface area contributed by atoms with E-state index < -0.39 is 0 Å². The number of nitrogens with one attached hydrogen (secondary N) is 1. The molecule has 24 heavy (non-hydrogen) atoms. The van der Waals surface area contributed by atoms with E-state index in [2.05, 4.69) is 47.6 Å². The molecule has 0 aliphatic heterocycles. The van der Waals surface area contributed by atoms with Crippen LogP contribution in [-0.2, 0) is 0 Å². The fourth-order valence-corrected chi connectivity index (χ4v) is 3.22. The molecule has 1 N–H and O–H groups in total. The molecule has 0 atom stereocenters. The van der Waals surface area contributed by atoms with E-state index >= 15 is 0 Å². The van der Waals surface area contributed by atoms with Crippen LogP contribution in [0.15, 0.2) is 52.9 Å². The molecule has 0 aliphatic rings. The highest BCUT2D eigenvalue weighted by Gasteiger charge is 2.07. The van der Waals surface area contributed by atoms with Crippen molar-refractivity contribution < 1.29 is 0 Å². The molecule has 5 heteroatoms. The second-order valence-electron chi connectivity index (χ2n) is 5.67. The van der Waals surface area contributed by atoms with Gasteiger partial charge in [0, 0.05) is 16.0 Å². The number of hydrogen-bond donors (Lipinski definition) is 1. The maximum absolute atomic E-state index is 5.91. The van der Waals surface area contributed by atoms with Gasteiger partial charge in [0.2, 0.25) is 5.13 Å². The number of aryl methyl sites for hydroxylation is 2. The highest BCUT2D eigenvalue weighted by molar-refractivity contribution is 7.14. The van der Waals surface area contributed by atoms with Gasteiger partial charge in [-0.15, -0.1) is 11.3 Å². The summed E-state index contributed by atoms with van der Waals surface area (Å²) in [5, 5.41) is 7.95. The monoisotopic (exact) mass is 355 g/mol. The molecule has 0 saturated heterocycles. The topological polar surface area (TPSA) is 37.3 Å². The van der Waals surface area contributed by atoms with Crippen LogP contribution in [0.2, 0.25) is 5.02 Å². The highest BCUT2D eigenvalue weighted by atomic mass is 35.5. The van der Waals surface area contributed by atoms with Crippen LogP contribution in [0, 0.1) is 13.8 Å². The number of halogens is 1. The lowest BCUT2D eigenvalue weighted by Crippen LogP contribution is -1.99. The molecular formula is C19H18ClN3S. The minimum atomic E-state index is 0.720. The third-order valence-electron chi connectivity index (χ3n) is 3.74. The van der Waals surface area contributed by atoms with Gasteiger partial charge in [0.15, 0.2) is 0 Å². The zero-order valence-electron chi connectivity index (χ0n) is 13.8. The van der Waals surface area contributed by atoms with Gasteiger partial charge < -0.3 is 0 Å². The maximum Gasteiger partial charge on any atom is 0.203 e. The van der Waals surface area contributed by atoms with E-state index in [1.54, 1.807) is 11.3 Å². The summed E-state index contributed by atoms with van der Waals surface area (Å²) in [7, 11) is 0. The van der Waals surface area contributed by atoms with Gasteiger partial charge in [0.1, 0.15) is 0 Å². The summed E-state index contributed by atoms with van der Waals surface area (Å²) < 4.78 is 0. The zero-order chi connectivity index (χ0) is 17.1. The van der Waals surface area contributed by atoms with E-state index in [1.807, 2.05) is 36.6 Å². The molecule has 0 unspecified atom stereocenters. The second kappa shape index (κ2) is 7.16. The van der Waals surface area contributed by atoms with Crippen molar-refractivity contribution in [1.29, 1.82) is 0 Å². The van der Waals surface area contributed by atoms with Crippen LogP contribution < -0.4 is 5.43 Å². The third kappa shape index (κ3) is 3.83. The van der Waals surface area contributed by atoms with Crippen LogP contribution in [0.4, 0.5) is 5.13 Å². The Morgan fingerprint density at radius 2 is 1.88 bits per heavy atom. The quantitative estimate of drug-likeness (QED) is 0.466. The largest absolute Gasteiger partial charge is 0.252 e. The number of anilines is 1. The maximum atomic E-state index is 5.91. The van der Waals surface area contributed by atoms with Crippen molar-refractivity contribution in [3.05, 3.63) is 69.6 Å². The molecule has 0 fully saturated rings. The van der Waals surface area contributed by atoms with E-state index in [1.165, 1.54) is 11.1 Å². The number of nitrogens with zero attached hydrogens (tertiary/aromatic N) is 2. The van der Waals surface area contributed by atoms with Crippen LogP contribution in [-0.4, -0.2) is 10.7 Å². The third-order valence-corrected chi connectivity index (χ3v) is 4.74. The Balaban J connectivity index is 1.76. The molecule has 2 aromatic carbocycles. The van der Waals surface area contributed by atoms with E-state index in [0.717, 1.165) is 32.7 Å². The van der Waals surface area contributed by atoms with Crippen molar-refractivity contribution in [1.82, 2.24) is 4.98 Å². The molecule has 1 heterocycles. The molecule has 0 spiro atoms. The van der Waals surface area contributed by atoms with Gasteiger partial charge in [0.25, 0.3) is 0 Å². The molecule has 3 rings (SSSR count). The first-order valence-corrected chi connectivity index (χ1v) is 8.88. The summed E-state index contributed by atoms with van der Waals surface area (Å²) in [6, 6.07) is 14.0. The van der Waals surface area contributed by atoms with Crippen molar-refractivity contribution in [2.45, 2.75) is 20.8 Å². The Morgan fingerprint density at radius 1 is 1.12 bits per heavy atom. The molecule has 1 aromatic heterocycles. The Morgan fingerprint density at radius 3 is 2.58 bits per heavy atom. The lowest BCUT2D eigenvalue weighted by Gasteiger charge is -2.03. The first-order valence-electron chi connectivity index (χ1n) is 7.62. The standard InChI is InChI=1S/C19H18ClN3S/c1-12-4-9-17(13(2)10-12)18-11-24-19(21-18)23-22-14(3)15-5-7-16(20)8-6-15/h4-11H,1-3H3,(H,21,23)/b22-14-. The van der Waals surface area contributed by atoms with Crippen LogP contribution in [0.25, 0.3) is 11.3 Å². The highest BCUT2D eigenvalue weighted by Crippen LogP contribution is 2.28. The van der Waals surface area contributed by atoms with Gasteiger partial charge in [-0.25, -0.2) is 4.98 Å². The van der Waals surface area contributed by atoms with Gasteiger partial charge in [-0.3, -0.25) is 5.43 Å². The van der Waals surface area contributed by atoms with E-state index in [0.29, 0.717) is 0 Å². The van der Waals surface area contributed by atoms with Crippen molar-refractivity contribution in [2.24, 2.45) is 5.10 Å². The number of hydrogen-bond acceptors (Lipinski definition) is 4. The second-order valence-corrected chi connectivity index (χ2v) is 6.97. The fraction of sp³-hybridized carbons (Fsp3) is 0.158. The van der Waals surface area contributed by atoms with E-state index in [9.17, 15) is 0 Å². The molecule has 3 nitrogen and oxygen atoms in total. The fourth-order valence-electron chi connectivity index (χ4n) is 2.44. The molecule has 0 saturated carbocycles. The zero-order valence-corrected chi connectivity index (χ0v) is 15.4. The molecule has 0 amide bonds. The van der Waals surface area contributed by atoms with Gasteiger partial charge in [-0.1, -0.05) is 47.5 Å². The van der Waals surface area contributed by atoms with Crippen LogP contribution >= 0.6 is 22.9 Å². The first kappa shape index (κ1) is 16.7. The lowest BCUT2D eigenvalue weighted by molar-refractivity contribution is 1.26. The minimum Gasteiger partial charge on any atom is -0.252 e. The average molecular weight is 356 g/mol. The number of benzene rings is 2. The summed E-state index contributed by atoms with van der Waals surface area (Å²) >= 11 is 7.46. The summed E-state index contributed by atoms with van der Waals surface area (Å²) in [4.78, 5) is 4.63. The van der Waals surface area contributed by atoms with Crippen molar-refractivity contribution in [3.8, 4) is 11.3 Å². The Kier molecular flexibility index (Phi) is 4.97. The Labute approximate surface area is 151 Å². The SMILES string of the molecule is C/C(=N/Nc1nc(-c2ccc(C)cc2C)cs1)c1ccc(Cl)cc1. The first-order chi connectivity index (χ1) is 11.5. The summed E-state index contributed by atoms with van der Waals surface area (Å²) in [5.74, 6) is 0. The summed E-state index contributed by atoms with van der Waals surface area (Å²) in [6.07, 6.45) is 0. The molecular weight excluding hydrogens is 338 g/mol. The van der Waals surface area contributed by atoms with Crippen LogP contribution in [0.3, 0.4) is 0 Å². The van der Waals surface area contributed by atoms with E-state index in [4.69, 9.17) is 11.6 Å². The van der Waals surface area contributed by atoms with E-state index in [-0.39, 0.29) is 0 Å². The molecule has 3 aromatic rings. The van der Waals surface area contributed by atoms with Crippen molar-refractivity contribution in [3.63, 3.8) is 0 Å². The average Bonchev–Trinajstić information content (AvgIpc) is 3.02. The summed E-state index contributed by atoms with van der Waals surface area (Å²) in [6.45, 7) is 6.16. The number of rotatable bonds is 4. The predicted octanol–water partition coefficient (Wildman–Crippen LogP) is 5.92. The number of aromatic nitrogens is 1. The van der Waals surface area contributed by atoms with Crippen molar-refractivity contribution >= 4 is 33.8 Å². The summed E-state index contributed by atoms with van der Waals surface area (Å²) in [5.41, 5.74) is 9.57. The van der Waals surface area contributed by atoms with Gasteiger partial charge in [0.05, 0.1) is 11.4 Å². The van der Waals surface area contributed by atoms with Crippen LogP contribution in [0.5, 0.6) is 0 Å². The Bertz CT molecular complexity index is 882. The minimum absolute atomic E-state index is 0.720. The molecule has 0 radical (unpaired) electrons. The van der Waals surface area contributed by atoms with Gasteiger partial charge >= 0.3 is 0 Å². The van der Waals surface area contributed by atoms with Gasteiger partial charge in [-0.05, 0) is 44.0 Å². The normalized spacial score (nSPS) is 11.6. The van der Waals surface area contributed by atoms with Crippen molar-refractivity contribution in [2.75, 3.05) is 5.43 Å². The Hall–Kier alpha value is -2.17. The van der Waals surface area contributed by atoms with Gasteiger partial charge in [-0.2, -0.15) is 5.10 Å². The predicted molar refractivity (Wildman–Crippen MR) is 104 cm³/mol. The van der Waals surface area contributed by atoms with Crippen LogP contribution in [0.1, 0.15) is 23.6 Å². The lowest BCUT2D eigenvalue weighted by atomic mass is 10.0. The molecule has 0 aliphatic carbocycles. The molecule has 122 valence electrons. The number of hydrazone groups is 1. The number of thiazole rings is 1. The molecule has 0 bridgehead atoms. The smallest absolute Gasteiger partial charge is 0.203 e.